The molecule has 12 nitrogen and oxygen atoms in total. The number of anilines is 1. The van der Waals surface area contributed by atoms with Crippen molar-refractivity contribution in [1.82, 2.24) is 15.0 Å². The van der Waals surface area contributed by atoms with Crippen LogP contribution in [0.3, 0.4) is 0 Å². The lowest BCUT2D eigenvalue weighted by molar-refractivity contribution is -0.127. The minimum absolute atomic E-state index is 0.0397. The summed E-state index contributed by atoms with van der Waals surface area (Å²) in [5, 5.41) is 13.2. The summed E-state index contributed by atoms with van der Waals surface area (Å²) in [4.78, 5) is 33.0. The number of hydrogen-bond donors (Lipinski definition) is 1. The molecule has 36 heavy (non-hydrogen) atoms. The number of aromatic nitrogens is 2. The first-order valence-corrected chi connectivity index (χ1v) is 12.1. The van der Waals surface area contributed by atoms with Crippen molar-refractivity contribution < 1.29 is 22.7 Å². The topological polar surface area (TPSA) is 156 Å². The van der Waals surface area contributed by atoms with E-state index in [4.69, 9.17) is 16.3 Å². The van der Waals surface area contributed by atoms with Gasteiger partial charge in [-0.3, -0.25) is 14.3 Å². The maximum Gasteiger partial charge on any atom is 0.282 e. The number of hydrogen-bond acceptors (Lipinski definition) is 10. The molecule has 0 radical (unpaired) electrons. The number of nitrogens with zero attached hydrogens (tertiary/aromatic N) is 6. The second-order valence-electron chi connectivity index (χ2n) is 7.37. The average molecular weight is 528 g/mol. The van der Waals surface area contributed by atoms with Crippen LogP contribution in [0.2, 0.25) is 5.02 Å². The number of carbonyl (C=O) groups is 2. The van der Waals surface area contributed by atoms with Crippen LogP contribution >= 0.6 is 11.6 Å². The molecule has 1 aliphatic rings. The Balaban J connectivity index is 1.45. The highest BCUT2D eigenvalue weighted by atomic mass is 35.5. The number of carbonyl (C=O) groups excluding carboxylic acids is 2. The predicted molar refractivity (Wildman–Crippen MR) is 130 cm³/mol. The van der Waals surface area contributed by atoms with E-state index in [0.29, 0.717) is 10.7 Å². The molecule has 1 N–H and O–H groups in total. The predicted octanol–water partition coefficient (Wildman–Crippen LogP) is 3.45. The number of nitrogens with one attached hydrogen (secondary N) is 1. The van der Waals surface area contributed by atoms with Gasteiger partial charge in [-0.15, -0.1) is 0 Å². The lowest BCUT2D eigenvalue weighted by Gasteiger charge is -2.10. The number of methoxy groups -OCH3 is 1. The van der Waals surface area contributed by atoms with E-state index >= 15 is 0 Å². The summed E-state index contributed by atoms with van der Waals surface area (Å²) in [6.07, 6.45) is 1.17. The fourth-order valence-corrected chi connectivity index (χ4v) is 4.19. The Kier molecular flexibility index (Phi) is 7.03. The van der Waals surface area contributed by atoms with Crippen LogP contribution in [0.5, 0.6) is 5.88 Å². The Hall–Kier alpha value is -4.23. The summed E-state index contributed by atoms with van der Waals surface area (Å²) in [5.74, 6) is -1.03. The van der Waals surface area contributed by atoms with Gasteiger partial charge in [0.15, 0.2) is 6.04 Å². The van der Waals surface area contributed by atoms with Gasteiger partial charge in [0.25, 0.3) is 21.8 Å². The smallest absolute Gasteiger partial charge is 0.282 e. The third kappa shape index (κ3) is 5.37. The Morgan fingerprint density at radius 2 is 1.81 bits per heavy atom. The van der Waals surface area contributed by atoms with Crippen molar-refractivity contribution in [3.05, 3.63) is 71.5 Å². The van der Waals surface area contributed by atoms with Gasteiger partial charge in [0.1, 0.15) is 12.1 Å². The number of amides is 2. The zero-order chi connectivity index (χ0) is 25.9. The minimum Gasteiger partial charge on any atom is -0.481 e. The SMILES string of the molecule is COc1cc(NS(=O)(=O)c2ccc(N=NC3C(=O)N(C(=O)c4ccc(Cl)cc4)N=C3C)cc2)ncn1. The van der Waals surface area contributed by atoms with E-state index in [2.05, 4.69) is 30.0 Å². The zero-order valence-corrected chi connectivity index (χ0v) is 20.4. The van der Waals surface area contributed by atoms with Crippen LogP contribution in [0.1, 0.15) is 17.3 Å². The van der Waals surface area contributed by atoms with Crippen molar-refractivity contribution in [2.75, 3.05) is 11.8 Å². The van der Waals surface area contributed by atoms with Gasteiger partial charge in [-0.1, -0.05) is 11.6 Å². The number of halogens is 1. The summed E-state index contributed by atoms with van der Waals surface area (Å²) < 4.78 is 32.5. The second kappa shape index (κ2) is 10.2. The van der Waals surface area contributed by atoms with Crippen LogP contribution in [0.15, 0.2) is 81.2 Å². The normalized spacial score (nSPS) is 15.8. The van der Waals surface area contributed by atoms with Crippen LogP contribution < -0.4 is 9.46 Å². The number of hydrazone groups is 1. The van der Waals surface area contributed by atoms with E-state index in [1.165, 1.54) is 68.0 Å². The van der Waals surface area contributed by atoms with Gasteiger partial charge >= 0.3 is 0 Å². The Morgan fingerprint density at radius 1 is 1.11 bits per heavy atom. The first-order valence-electron chi connectivity index (χ1n) is 10.3. The third-order valence-corrected chi connectivity index (χ3v) is 6.53. The largest absolute Gasteiger partial charge is 0.481 e. The highest BCUT2D eigenvalue weighted by Gasteiger charge is 2.38. The molecule has 1 aromatic heterocycles. The zero-order valence-electron chi connectivity index (χ0n) is 18.9. The summed E-state index contributed by atoms with van der Waals surface area (Å²) in [6, 6.07) is 11.8. The van der Waals surface area contributed by atoms with Gasteiger partial charge in [-0.2, -0.15) is 20.3 Å². The summed E-state index contributed by atoms with van der Waals surface area (Å²) in [5.41, 5.74) is 0.822. The van der Waals surface area contributed by atoms with Crippen LogP contribution in [0.4, 0.5) is 11.5 Å². The van der Waals surface area contributed by atoms with E-state index in [-0.39, 0.29) is 27.9 Å². The third-order valence-electron chi connectivity index (χ3n) is 4.91. The number of azo groups is 1. The highest BCUT2D eigenvalue weighted by Crippen LogP contribution is 2.23. The summed E-state index contributed by atoms with van der Waals surface area (Å²) in [6.45, 7) is 1.56. The van der Waals surface area contributed by atoms with E-state index in [1.807, 2.05) is 0 Å². The molecule has 1 unspecified atom stereocenters. The lowest BCUT2D eigenvalue weighted by atomic mass is 10.2. The van der Waals surface area contributed by atoms with Crippen molar-refractivity contribution in [3.63, 3.8) is 0 Å². The van der Waals surface area contributed by atoms with Crippen molar-refractivity contribution in [1.29, 1.82) is 0 Å². The van der Waals surface area contributed by atoms with Gasteiger partial charge in [-0.25, -0.2) is 18.4 Å². The van der Waals surface area contributed by atoms with Crippen molar-refractivity contribution in [2.24, 2.45) is 15.3 Å². The Morgan fingerprint density at radius 3 is 2.47 bits per heavy atom. The second-order valence-corrected chi connectivity index (χ2v) is 9.49. The molecular formula is C22H18ClN7O5S. The van der Waals surface area contributed by atoms with Crippen LogP contribution in [0, 0.1) is 0 Å². The monoisotopic (exact) mass is 527 g/mol. The molecule has 3 aromatic rings. The first kappa shape index (κ1) is 24.9. The molecular weight excluding hydrogens is 510 g/mol. The summed E-state index contributed by atoms with van der Waals surface area (Å²) in [7, 11) is -2.54. The van der Waals surface area contributed by atoms with E-state index in [9.17, 15) is 18.0 Å². The van der Waals surface area contributed by atoms with Gasteiger partial charge in [0.05, 0.1) is 23.4 Å². The van der Waals surface area contributed by atoms with E-state index < -0.39 is 27.9 Å². The van der Waals surface area contributed by atoms with Crippen molar-refractivity contribution in [3.8, 4) is 5.88 Å². The molecule has 1 atom stereocenters. The number of rotatable bonds is 7. The fourth-order valence-electron chi connectivity index (χ4n) is 3.07. The van der Waals surface area contributed by atoms with E-state index in [0.717, 1.165) is 5.01 Å². The van der Waals surface area contributed by atoms with Gasteiger partial charge in [-0.05, 0) is 55.5 Å². The first-order chi connectivity index (χ1) is 17.2. The quantitative estimate of drug-likeness (QED) is 0.364. The number of imide groups is 1. The molecule has 0 spiro atoms. The highest BCUT2D eigenvalue weighted by molar-refractivity contribution is 7.92. The van der Waals surface area contributed by atoms with Crippen LogP contribution in [-0.4, -0.2) is 54.1 Å². The van der Waals surface area contributed by atoms with Crippen molar-refractivity contribution in [2.45, 2.75) is 17.9 Å². The molecule has 2 aromatic carbocycles. The Bertz CT molecular complexity index is 1480. The summed E-state index contributed by atoms with van der Waals surface area (Å²) >= 11 is 5.84. The average Bonchev–Trinajstić information content (AvgIpc) is 3.15. The standard InChI is InChI=1S/C22H18ClN7O5S/c1-13-20(22(32)30(28-13)21(31)14-3-5-15(23)6-4-14)27-26-16-7-9-17(10-8-16)36(33,34)29-18-11-19(35-2)25-12-24-18/h3-12,20H,1-2H3,(H,24,25,29). The van der Waals surface area contributed by atoms with E-state index in [1.54, 1.807) is 6.92 Å². The molecule has 0 saturated heterocycles. The molecule has 0 aliphatic carbocycles. The molecule has 184 valence electrons. The number of ether oxygens (including phenoxy) is 1. The molecule has 0 bridgehead atoms. The maximum absolute atomic E-state index is 12.7. The molecule has 4 rings (SSSR count). The van der Waals surface area contributed by atoms with Crippen LogP contribution in [0.25, 0.3) is 0 Å². The minimum atomic E-state index is -3.94. The molecule has 2 heterocycles. The molecule has 0 saturated carbocycles. The molecule has 2 amide bonds. The van der Waals surface area contributed by atoms with Crippen molar-refractivity contribution >= 4 is 50.7 Å². The fraction of sp³-hybridized carbons (Fsp3) is 0.136. The molecule has 14 heteroatoms. The van der Waals surface area contributed by atoms with Gasteiger partial charge in [0.2, 0.25) is 5.88 Å². The molecule has 1 aliphatic heterocycles. The number of sulfonamides is 1. The van der Waals surface area contributed by atoms with Gasteiger partial charge < -0.3 is 4.74 Å². The number of benzene rings is 2. The lowest BCUT2D eigenvalue weighted by Crippen LogP contribution is -2.34. The van der Waals surface area contributed by atoms with Gasteiger partial charge in [0, 0.05) is 16.7 Å². The Labute approximate surface area is 210 Å². The molecule has 0 fully saturated rings. The maximum atomic E-state index is 12.7. The van der Waals surface area contributed by atoms with Crippen LogP contribution in [-0.2, 0) is 14.8 Å².